The fourth-order valence-corrected chi connectivity index (χ4v) is 18.5. The Morgan fingerprint density at radius 3 is 2.28 bits per heavy atom. The topological polar surface area (TPSA) is 15.7 Å². The van der Waals surface area contributed by atoms with Crippen molar-refractivity contribution in [1.82, 2.24) is 9.80 Å². The average molecular weight is 1060 g/mol. The number of ether oxygens (including phenoxy) is 1. The third-order valence-corrected chi connectivity index (χ3v) is 22.9. The fraction of sp³-hybridized carbons (Fsp3) is 0.410. The molecule has 410 valence electrons. The summed E-state index contributed by atoms with van der Waals surface area (Å²) in [6.07, 6.45) is 62.2. The van der Waals surface area contributed by atoms with Crippen molar-refractivity contribution in [3.05, 3.63) is 254 Å². The van der Waals surface area contributed by atoms with Crippen LogP contribution in [0.3, 0.4) is 0 Å². The van der Waals surface area contributed by atoms with Gasteiger partial charge in [-0.05, 0) is 180 Å². The smallest absolute Gasteiger partial charge is 0.124 e. The number of hydrogen-bond acceptors (Lipinski definition) is 3. The molecule has 12 unspecified atom stereocenters. The average Bonchev–Trinajstić information content (AvgIpc) is 3.88. The van der Waals surface area contributed by atoms with Crippen LogP contribution in [0.5, 0.6) is 5.75 Å². The van der Waals surface area contributed by atoms with Gasteiger partial charge in [0.2, 0.25) is 0 Å². The third kappa shape index (κ3) is 8.38. The van der Waals surface area contributed by atoms with E-state index in [0.717, 1.165) is 63.0 Å². The maximum absolute atomic E-state index is 7.32. The van der Waals surface area contributed by atoms with Gasteiger partial charge in [0.25, 0.3) is 0 Å². The van der Waals surface area contributed by atoms with Crippen LogP contribution in [0.1, 0.15) is 151 Å². The summed E-state index contributed by atoms with van der Waals surface area (Å²) in [5.41, 5.74) is 22.9. The third-order valence-electron chi connectivity index (χ3n) is 22.9. The predicted octanol–water partition coefficient (Wildman–Crippen LogP) is 18.5. The Labute approximate surface area is 483 Å². The molecule has 0 radical (unpaired) electrons. The highest BCUT2D eigenvalue weighted by Gasteiger charge is 2.51. The SMILES string of the molecule is CC1(C)C2=C(CC3C=CC=CC3=C2)C2C=CC(N(C3C=CC4c5cc6c(cc5OC4C3)CC(N(C3=CC4C(C=C3)C3=C(CC5CCCCC5=C3)C4(C)C)C3=CCC(c4ccccc4)CC3)C=C6)C3CC=C(c4ccccc4)CC3)=CC21. The van der Waals surface area contributed by atoms with E-state index in [1.807, 2.05) is 0 Å². The standard InChI is InChI=1S/C78H82N2O/c1-77(2)71-43-55-21-13-11-19-53(55)40-68(71)65-36-33-62(46-73(65)77)79(59-28-23-51(24-29-59)49-15-7-5-8-16-49)61-32-27-57-42-70-67-38-35-64(48-76(67)81-75(70)45-58(57)39-61)80(60-30-25-52(26-31-60)50-17-9-6-10-18-50)63-34-37-66-69-41-54-20-12-14-22-56(54)44-72(69)78(3,4)74(66)47-63/h5-10,12,14-18,20,22,25,27-28,32-38,40,42,44-47,51,54-55,60-61,64-67,73-74,76H,11,13,19,21,23-24,26,29-31,39,41,43,48H2,1-4H3. The quantitative estimate of drug-likeness (QED) is 0.209. The molecule has 81 heavy (non-hydrogen) atoms. The van der Waals surface area contributed by atoms with Crippen molar-refractivity contribution < 1.29 is 4.74 Å². The van der Waals surface area contributed by atoms with Gasteiger partial charge in [-0.25, -0.2) is 0 Å². The molecule has 3 nitrogen and oxygen atoms in total. The molecule has 0 N–H and O–H groups in total. The lowest BCUT2D eigenvalue weighted by atomic mass is 9.69. The van der Waals surface area contributed by atoms with Gasteiger partial charge in [0, 0.05) is 58.8 Å². The number of fused-ring (bicyclic) bond motifs is 10. The second-order valence-corrected chi connectivity index (χ2v) is 27.9. The van der Waals surface area contributed by atoms with Crippen LogP contribution in [0.4, 0.5) is 0 Å². The molecule has 3 heteroatoms. The van der Waals surface area contributed by atoms with Crippen LogP contribution < -0.4 is 4.74 Å². The Morgan fingerprint density at radius 1 is 0.617 bits per heavy atom. The van der Waals surface area contributed by atoms with Gasteiger partial charge in [0.05, 0.1) is 12.1 Å². The molecule has 16 rings (SSSR count). The Morgan fingerprint density at radius 2 is 1.44 bits per heavy atom. The van der Waals surface area contributed by atoms with E-state index in [1.165, 1.54) is 94.6 Å². The Bertz CT molecular complexity index is 3550. The molecule has 12 aliphatic carbocycles. The van der Waals surface area contributed by atoms with Crippen molar-refractivity contribution in [2.75, 3.05) is 0 Å². The molecular formula is C78H82N2O. The number of hydrogen-bond donors (Lipinski definition) is 0. The van der Waals surface area contributed by atoms with Crippen molar-refractivity contribution in [3.63, 3.8) is 0 Å². The molecule has 3 aromatic rings. The molecule has 1 heterocycles. The summed E-state index contributed by atoms with van der Waals surface area (Å²) >= 11 is 0. The van der Waals surface area contributed by atoms with Crippen molar-refractivity contribution in [1.29, 1.82) is 0 Å². The lowest BCUT2D eigenvalue weighted by Crippen LogP contribution is -2.46. The minimum Gasteiger partial charge on any atom is -0.489 e. The summed E-state index contributed by atoms with van der Waals surface area (Å²) in [5, 5.41) is 0. The number of nitrogens with zero attached hydrogens (tertiary/aromatic N) is 2. The molecule has 0 amide bonds. The zero-order chi connectivity index (χ0) is 54.1. The molecule has 0 spiro atoms. The molecule has 1 saturated carbocycles. The first-order valence-electron chi connectivity index (χ1n) is 31.9. The highest BCUT2D eigenvalue weighted by molar-refractivity contribution is 5.67. The van der Waals surface area contributed by atoms with E-state index in [-0.39, 0.29) is 34.9 Å². The molecule has 0 saturated heterocycles. The van der Waals surface area contributed by atoms with E-state index in [2.05, 4.69) is 220 Å². The highest BCUT2D eigenvalue weighted by atomic mass is 16.5. The first-order valence-corrected chi connectivity index (χ1v) is 31.9. The maximum Gasteiger partial charge on any atom is 0.124 e. The lowest BCUT2D eigenvalue weighted by Gasteiger charge is -2.45. The van der Waals surface area contributed by atoms with E-state index >= 15 is 0 Å². The zero-order valence-electron chi connectivity index (χ0n) is 48.5. The molecule has 0 bridgehead atoms. The highest BCUT2D eigenvalue weighted by Crippen LogP contribution is 2.61. The fourth-order valence-electron chi connectivity index (χ4n) is 18.5. The van der Waals surface area contributed by atoms with E-state index < -0.39 is 0 Å². The van der Waals surface area contributed by atoms with Gasteiger partial charge in [0.15, 0.2) is 0 Å². The summed E-state index contributed by atoms with van der Waals surface area (Å²) < 4.78 is 7.32. The molecule has 1 aliphatic heterocycles. The van der Waals surface area contributed by atoms with Gasteiger partial charge >= 0.3 is 0 Å². The summed E-state index contributed by atoms with van der Waals surface area (Å²) in [6, 6.07) is 28.3. The van der Waals surface area contributed by atoms with Crippen LogP contribution in [0.15, 0.2) is 227 Å². The van der Waals surface area contributed by atoms with Crippen LogP contribution in [-0.4, -0.2) is 34.0 Å². The number of rotatable bonds is 8. The normalized spacial score (nSPS) is 33.8. The Balaban J connectivity index is 0.682. The Hall–Kier alpha value is -6.58. The summed E-state index contributed by atoms with van der Waals surface area (Å²) in [4.78, 5) is 5.67. The van der Waals surface area contributed by atoms with Crippen LogP contribution >= 0.6 is 0 Å². The van der Waals surface area contributed by atoms with Crippen molar-refractivity contribution in [3.8, 4) is 5.75 Å². The minimum atomic E-state index is 0.0572. The molecule has 1 fully saturated rings. The molecule has 3 aromatic carbocycles. The van der Waals surface area contributed by atoms with Gasteiger partial charge in [-0.3, -0.25) is 0 Å². The first kappa shape index (κ1) is 50.2. The van der Waals surface area contributed by atoms with Crippen LogP contribution in [0.2, 0.25) is 0 Å². The second-order valence-electron chi connectivity index (χ2n) is 27.9. The minimum absolute atomic E-state index is 0.0572. The van der Waals surface area contributed by atoms with Crippen LogP contribution in [0.25, 0.3) is 11.6 Å². The monoisotopic (exact) mass is 1060 g/mol. The predicted molar refractivity (Wildman–Crippen MR) is 334 cm³/mol. The maximum atomic E-state index is 7.32. The van der Waals surface area contributed by atoms with Crippen LogP contribution in [-0.2, 0) is 6.42 Å². The van der Waals surface area contributed by atoms with E-state index in [9.17, 15) is 0 Å². The van der Waals surface area contributed by atoms with Crippen molar-refractivity contribution >= 4 is 11.6 Å². The molecule has 12 atom stereocenters. The van der Waals surface area contributed by atoms with E-state index in [1.54, 1.807) is 27.9 Å². The van der Waals surface area contributed by atoms with Gasteiger partial charge in [-0.1, -0.05) is 209 Å². The number of allylic oxidation sites excluding steroid dienone is 21. The molecule has 13 aliphatic rings. The van der Waals surface area contributed by atoms with Crippen molar-refractivity contribution in [2.24, 2.45) is 46.3 Å². The summed E-state index contributed by atoms with van der Waals surface area (Å²) in [7, 11) is 0. The Kier molecular flexibility index (Phi) is 12.1. The van der Waals surface area contributed by atoms with Gasteiger partial charge in [-0.2, -0.15) is 0 Å². The second kappa shape index (κ2) is 19.5. The zero-order valence-corrected chi connectivity index (χ0v) is 48.5. The van der Waals surface area contributed by atoms with Crippen molar-refractivity contribution in [2.45, 2.75) is 154 Å². The summed E-state index contributed by atoms with van der Waals surface area (Å²) in [6.45, 7) is 10.2. The van der Waals surface area contributed by atoms with E-state index in [4.69, 9.17) is 4.74 Å². The largest absolute Gasteiger partial charge is 0.489 e. The van der Waals surface area contributed by atoms with Gasteiger partial charge in [-0.15, -0.1) is 0 Å². The molecular weight excluding hydrogens is 981 g/mol. The van der Waals surface area contributed by atoms with E-state index in [0.29, 0.717) is 41.5 Å². The first-order chi connectivity index (χ1) is 39.6. The summed E-state index contributed by atoms with van der Waals surface area (Å²) in [5.74, 6) is 5.04. The van der Waals surface area contributed by atoms with Crippen LogP contribution in [0, 0.1) is 46.3 Å². The van der Waals surface area contributed by atoms with Gasteiger partial charge < -0.3 is 14.5 Å². The number of benzene rings is 3. The molecule has 0 aromatic heterocycles. The lowest BCUT2D eigenvalue weighted by molar-refractivity contribution is 0.127. The van der Waals surface area contributed by atoms with Gasteiger partial charge in [0.1, 0.15) is 11.9 Å².